The van der Waals surface area contributed by atoms with Gasteiger partial charge in [-0.2, -0.15) is 0 Å². The van der Waals surface area contributed by atoms with Crippen molar-refractivity contribution in [1.29, 1.82) is 0 Å². The van der Waals surface area contributed by atoms with E-state index in [1.807, 2.05) is 28.1 Å². The molecule has 0 aliphatic heterocycles. The number of hydrogen-bond acceptors (Lipinski definition) is 2. The minimum absolute atomic E-state index is 0.510. The average Bonchev–Trinajstić information content (AvgIpc) is 2.63. The summed E-state index contributed by atoms with van der Waals surface area (Å²) in [4.78, 5) is 0. The first kappa shape index (κ1) is 27.6. The van der Waals surface area contributed by atoms with Gasteiger partial charge in [0.15, 0.2) is 0 Å². The summed E-state index contributed by atoms with van der Waals surface area (Å²) in [7, 11) is 3.62. The van der Waals surface area contributed by atoms with Crippen LogP contribution in [0.3, 0.4) is 0 Å². The van der Waals surface area contributed by atoms with E-state index in [2.05, 4.69) is 19.1 Å². The van der Waals surface area contributed by atoms with Crippen LogP contribution in [0.4, 0.5) is 0 Å². The summed E-state index contributed by atoms with van der Waals surface area (Å²) in [5.74, 6) is 0. The van der Waals surface area contributed by atoms with Crippen LogP contribution in [0, 0.1) is 0 Å². The maximum Gasteiger partial charge on any atom is 0.378 e. The molecule has 4 heteroatoms. The van der Waals surface area contributed by atoms with Crippen LogP contribution in [0.15, 0.2) is 12.2 Å². The van der Waals surface area contributed by atoms with E-state index in [-0.39, 0.29) is 0 Å². The fourth-order valence-electron chi connectivity index (χ4n) is 4.11. The van der Waals surface area contributed by atoms with Gasteiger partial charge in [0.05, 0.1) is 21.1 Å². The Kier molecular flexibility index (Phi) is 16.2. The van der Waals surface area contributed by atoms with Crippen LogP contribution < -0.4 is 0 Å². The van der Waals surface area contributed by atoms with Crippen molar-refractivity contribution in [3.8, 4) is 0 Å². The minimum Gasteiger partial charge on any atom is -0.314 e. The van der Waals surface area contributed by atoms with Gasteiger partial charge >= 0.3 is 7.68 Å². The molecule has 0 bridgehead atoms. The van der Waals surface area contributed by atoms with Gasteiger partial charge in [-0.1, -0.05) is 83.8 Å². The second-order valence-electron chi connectivity index (χ2n) is 9.29. The van der Waals surface area contributed by atoms with Gasteiger partial charge in [-0.05, 0) is 32.1 Å². The maximum atomic E-state index is 11.9. The number of unbranched alkanes of at least 4 members (excludes halogenated alkanes) is 12. The van der Waals surface area contributed by atoms with Crippen LogP contribution in [-0.2, 0) is 9.13 Å². The van der Waals surface area contributed by atoms with Crippen LogP contribution in [0.5, 0.6) is 0 Å². The highest BCUT2D eigenvalue weighted by atomic mass is 31.1. The van der Waals surface area contributed by atoms with Gasteiger partial charge in [-0.3, -0.25) is 0 Å². The molecule has 0 N–H and O–H groups in total. The van der Waals surface area contributed by atoms with Gasteiger partial charge in [0.1, 0.15) is 0 Å². The molecule has 0 rings (SSSR count). The number of nitrogens with zero attached hydrogens (tertiary/aromatic N) is 1. The van der Waals surface area contributed by atoms with Crippen molar-refractivity contribution in [3.63, 3.8) is 0 Å². The van der Waals surface area contributed by atoms with Gasteiger partial charge < -0.3 is 4.48 Å². The summed E-state index contributed by atoms with van der Waals surface area (Å²) >= 11 is 0. The average molecular weight is 415 g/mol. The molecule has 0 spiro atoms. The molecule has 28 heavy (non-hydrogen) atoms. The summed E-state index contributed by atoms with van der Waals surface area (Å²) in [5.41, 5.74) is 0. The van der Waals surface area contributed by atoms with Crippen molar-refractivity contribution in [3.05, 3.63) is 12.2 Å². The van der Waals surface area contributed by atoms with Crippen molar-refractivity contribution in [2.75, 3.05) is 21.1 Å². The molecule has 3 nitrogen and oxygen atoms in total. The quantitative estimate of drug-likeness (QED) is 0.0920. The Morgan fingerprint density at radius 3 is 1.50 bits per heavy atom. The predicted molar refractivity (Wildman–Crippen MR) is 123 cm³/mol. The summed E-state index contributed by atoms with van der Waals surface area (Å²) < 4.78 is 24.3. The molecule has 0 saturated carbocycles. The topological polar surface area (TPSA) is 34.1 Å². The number of hydrogen-bond donors (Lipinski definition) is 0. The third-order valence-corrected chi connectivity index (χ3v) is 8.06. The number of allylic oxidation sites excluding steroid dienone is 2. The van der Waals surface area contributed by atoms with E-state index in [0.29, 0.717) is 10.9 Å². The SMILES string of the molecule is CCCCCC=CCCCCCCCCCCCC(CC)(P(=O)=O)[N+](C)(C)C. The van der Waals surface area contributed by atoms with Crippen LogP contribution in [0.25, 0.3) is 0 Å². The van der Waals surface area contributed by atoms with Crippen molar-refractivity contribution in [2.24, 2.45) is 0 Å². The van der Waals surface area contributed by atoms with Crippen LogP contribution in [-0.4, -0.2) is 30.9 Å². The Morgan fingerprint density at radius 2 is 1.11 bits per heavy atom. The van der Waals surface area contributed by atoms with Gasteiger partial charge in [-0.15, -0.1) is 0 Å². The zero-order valence-electron chi connectivity index (χ0n) is 19.7. The van der Waals surface area contributed by atoms with Crippen molar-refractivity contribution in [1.82, 2.24) is 0 Å². The minimum atomic E-state index is -2.41. The molecule has 0 aliphatic carbocycles. The molecular formula is C24H49NO2P+. The second kappa shape index (κ2) is 16.4. The molecule has 0 aromatic carbocycles. The first-order chi connectivity index (χ1) is 13.3. The smallest absolute Gasteiger partial charge is 0.314 e. The molecule has 0 saturated heterocycles. The normalized spacial score (nSPS) is 14.5. The van der Waals surface area contributed by atoms with E-state index in [1.165, 1.54) is 77.0 Å². The maximum absolute atomic E-state index is 11.9. The molecular weight excluding hydrogens is 365 g/mol. The molecule has 0 fully saturated rings. The molecule has 166 valence electrons. The zero-order valence-corrected chi connectivity index (χ0v) is 20.6. The summed E-state index contributed by atoms with van der Waals surface area (Å²) in [5, 5.41) is -0.597. The van der Waals surface area contributed by atoms with Crippen LogP contribution >= 0.6 is 7.68 Å². The standard InChI is InChI=1S/C24H49NO2P/c1-6-8-9-10-11-12-13-14-15-16-17-18-19-20-21-22-23-24(7-2,28(26)27)25(3,4)5/h11-12H,6-10,13-23H2,1-5H3/q+1. The van der Waals surface area contributed by atoms with E-state index in [4.69, 9.17) is 0 Å². The Balaban J connectivity index is 3.65. The van der Waals surface area contributed by atoms with Gasteiger partial charge in [0.25, 0.3) is 0 Å². The third kappa shape index (κ3) is 11.6. The first-order valence-corrected chi connectivity index (χ1v) is 13.1. The van der Waals surface area contributed by atoms with Crippen molar-refractivity contribution in [2.45, 2.75) is 122 Å². The lowest BCUT2D eigenvalue weighted by atomic mass is 10.0. The lowest BCUT2D eigenvalue weighted by molar-refractivity contribution is -0.908. The Hall–Kier alpha value is -0.400. The molecule has 0 radical (unpaired) electrons. The van der Waals surface area contributed by atoms with E-state index >= 15 is 0 Å². The van der Waals surface area contributed by atoms with Crippen molar-refractivity contribution < 1.29 is 13.6 Å². The molecule has 1 atom stereocenters. The van der Waals surface area contributed by atoms with Gasteiger partial charge in [0.2, 0.25) is 5.28 Å². The molecule has 0 aliphatic rings. The Morgan fingerprint density at radius 1 is 0.679 bits per heavy atom. The first-order valence-electron chi connectivity index (χ1n) is 11.9. The largest absolute Gasteiger partial charge is 0.378 e. The monoisotopic (exact) mass is 414 g/mol. The Bertz CT molecular complexity index is 458. The van der Waals surface area contributed by atoms with Gasteiger partial charge in [0, 0.05) is 12.8 Å². The zero-order chi connectivity index (χ0) is 21.3. The fraction of sp³-hybridized carbons (Fsp3) is 0.917. The van der Waals surface area contributed by atoms with E-state index in [1.54, 1.807) is 0 Å². The molecule has 0 amide bonds. The lowest BCUT2D eigenvalue weighted by Gasteiger charge is -2.40. The third-order valence-electron chi connectivity index (χ3n) is 6.24. The highest BCUT2D eigenvalue weighted by molar-refractivity contribution is 7.32. The van der Waals surface area contributed by atoms with Gasteiger partial charge in [-0.25, -0.2) is 9.13 Å². The molecule has 0 aromatic rings. The predicted octanol–water partition coefficient (Wildman–Crippen LogP) is 8.40. The number of rotatable bonds is 19. The summed E-state index contributed by atoms with van der Waals surface area (Å²) in [6, 6.07) is 0. The Labute approximate surface area is 176 Å². The highest BCUT2D eigenvalue weighted by Crippen LogP contribution is 2.43. The number of quaternary nitrogens is 1. The second-order valence-corrected chi connectivity index (χ2v) is 10.6. The van der Waals surface area contributed by atoms with Crippen molar-refractivity contribution >= 4 is 7.68 Å². The summed E-state index contributed by atoms with van der Waals surface area (Å²) in [6.07, 6.45) is 24.2. The molecule has 0 aromatic heterocycles. The van der Waals surface area contributed by atoms with E-state index < -0.39 is 13.0 Å². The molecule has 0 heterocycles. The summed E-state index contributed by atoms with van der Waals surface area (Å²) in [6.45, 7) is 4.27. The van der Waals surface area contributed by atoms with Crippen LogP contribution in [0.1, 0.15) is 117 Å². The lowest BCUT2D eigenvalue weighted by Crippen LogP contribution is -2.53. The van der Waals surface area contributed by atoms with E-state index in [0.717, 1.165) is 19.3 Å². The van der Waals surface area contributed by atoms with Crippen LogP contribution in [0.2, 0.25) is 0 Å². The highest BCUT2D eigenvalue weighted by Gasteiger charge is 2.46. The fourth-order valence-corrected chi connectivity index (χ4v) is 5.20. The molecule has 1 unspecified atom stereocenters. The van der Waals surface area contributed by atoms with E-state index in [9.17, 15) is 9.13 Å².